The van der Waals surface area contributed by atoms with Crippen LogP contribution in [0.2, 0.25) is 0 Å². The van der Waals surface area contributed by atoms with E-state index in [0.717, 1.165) is 80.3 Å². The largest absolute Gasteiger partial charge is 0.378 e. The molecule has 0 amide bonds. The maximum absolute atomic E-state index is 6.01. The van der Waals surface area contributed by atoms with Crippen LogP contribution in [0.1, 0.15) is 50.8 Å². The van der Waals surface area contributed by atoms with E-state index in [1.54, 1.807) is 0 Å². The second-order valence-electron chi connectivity index (χ2n) is 8.36. The lowest BCUT2D eigenvalue weighted by atomic mass is 9.98. The molecule has 2 aliphatic heterocycles. The molecule has 30 heavy (non-hydrogen) atoms. The Morgan fingerprint density at radius 3 is 2.70 bits per heavy atom. The van der Waals surface area contributed by atoms with Gasteiger partial charge >= 0.3 is 0 Å². The summed E-state index contributed by atoms with van der Waals surface area (Å²) in [4.78, 5) is 12.2. The third-order valence-electron chi connectivity index (χ3n) is 6.04. The zero-order valence-corrected chi connectivity index (χ0v) is 17.8. The Kier molecular flexibility index (Phi) is 5.39. The minimum Gasteiger partial charge on any atom is -0.378 e. The summed E-state index contributed by atoms with van der Waals surface area (Å²) in [5.74, 6) is 1.39. The fourth-order valence-electron chi connectivity index (χ4n) is 4.43. The Morgan fingerprint density at radius 2 is 1.93 bits per heavy atom. The highest BCUT2D eigenvalue weighted by atomic mass is 16.5. The van der Waals surface area contributed by atoms with E-state index >= 15 is 0 Å². The maximum atomic E-state index is 6.01. The third-order valence-corrected chi connectivity index (χ3v) is 6.04. The molecule has 158 valence electrons. The Bertz CT molecular complexity index is 1020. The number of anilines is 1. The minimum absolute atomic E-state index is 0.0344. The van der Waals surface area contributed by atoms with E-state index in [0.29, 0.717) is 5.92 Å². The second kappa shape index (κ2) is 8.32. The molecule has 7 nitrogen and oxygen atoms in total. The average molecular weight is 408 g/mol. The molecule has 3 aromatic rings. The van der Waals surface area contributed by atoms with Crippen LogP contribution in [0.25, 0.3) is 22.3 Å². The van der Waals surface area contributed by atoms with Gasteiger partial charge in [0.1, 0.15) is 17.0 Å². The molecule has 2 fully saturated rings. The van der Waals surface area contributed by atoms with Gasteiger partial charge in [-0.05, 0) is 48.9 Å². The summed E-state index contributed by atoms with van der Waals surface area (Å²) >= 11 is 0. The van der Waals surface area contributed by atoms with E-state index in [2.05, 4.69) is 36.0 Å². The highest BCUT2D eigenvalue weighted by Gasteiger charge is 2.23. The van der Waals surface area contributed by atoms with Crippen molar-refractivity contribution in [3.05, 3.63) is 36.2 Å². The standard InChI is InChI=1S/C23H29N5O2/c1-16(2)18-15-20(27-10-13-29-14-11-27)26-22-17(18)6-8-24-23(22)19-7-9-25-28(19)21-5-3-4-12-30-21/h6-9,15-16,21H,3-5,10-14H2,1-2H3. The normalized spacial score (nSPS) is 20.2. The summed E-state index contributed by atoms with van der Waals surface area (Å²) < 4.78 is 13.5. The number of rotatable bonds is 4. The smallest absolute Gasteiger partial charge is 0.150 e. The van der Waals surface area contributed by atoms with Gasteiger partial charge in [-0.15, -0.1) is 0 Å². The Balaban J connectivity index is 1.66. The predicted molar refractivity (Wildman–Crippen MR) is 117 cm³/mol. The lowest BCUT2D eigenvalue weighted by Gasteiger charge is -2.29. The first kappa shape index (κ1) is 19.5. The lowest BCUT2D eigenvalue weighted by molar-refractivity contribution is -0.0383. The van der Waals surface area contributed by atoms with Gasteiger partial charge in [0.2, 0.25) is 0 Å². The van der Waals surface area contributed by atoms with Gasteiger partial charge in [0.05, 0.1) is 18.9 Å². The highest BCUT2D eigenvalue weighted by molar-refractivity contribution is 5.94. The minimum atomic E-state index is -0.0344. The van der Waals surface area contributed by atoms with Gasteiger partial charge in [0.15, 0.2) is 6.23 Å². The number of fused-ring (bicyclic) bond motifs is 1. The van der Waals surface area contributed by atoms with Crippen LogP contribution in [0.15, 0.2) is 30.6 Å². The quantitative estimate of drug-likeness (QED) is 0.647. The van der Waals surface area contributed by atoms with Crippen LogP contribution in [0, 0.1) is 0 Å². The molecule has 2 saturated heterocycles. The van der Waals surface area contributed by atoms with Crippen LogP contribution in [-0.4, -0.2) is 52.7 Å². The maximum Gasteiger partial charge on any atom is 0.150 e. The third kappa shape index (κ3) is 3.56. The van der Waals surface area contributed by atoms with E-state index < -0.39 is 0 Å². The zero-order valence-electron chi connectivity index (χ0n) is 17.8. The topological polar surface area (TPSA) is 65.3 Å². The molecule has 1 unspecified atom stereocenters. The molecule has 0 aliphatic carbocycles. The second-order valence-corrected chi connectivity index (χ2v) is 8.36. The zero-order chi connectivity index (χ0) is 20.5. The Hall–Kier alpha value is -2.51. The molecule has 0 aromatic carbocycles. The number of aromatic nitrogens is 4. The SMILES string of the molecule is CC(C)c1cc(N2CCOCC2)nc2c(-c3ccnn3C3CCCCO3)nccc12. The van der Waals surface area contributed by atoms with Gasteiger partial charge in [0.25, 0.3) is 0 Å². The van der Waals surface area contributed by atoms with Crippen LogP contribution in [-0.2, 0) is 9.47 Å². The summed E-state index contributed by atoms with van der Waals surface area (Å²) in [7, 11) is 0. The Morgan fingerprint density at radius 1 is 1.07 bits per heavy atom. The van der Waals surface area contributed by atoms with Crippen LogP contribution >= 0.6 is 0 Å². The van der Waals surface area contributed by atoms with Gasteiger partial charge in [-0.25, -0.2) is 9.67 Å². The van der Waals surface area contributed by atoms with Gasteiger partial charge in [0, 0.05) is 37.5 Å². The lowest BCUT2D eigenvalue weighted by Crippen LogP contribution is -2.36. The molecule has 2 aliphatic rings. The molecule has 0 saturated carbocycles. The van der Waals surface area contributed by atoms with Crippen molar-refractivity contribution in [1.29, 1.82) is 0 Å². The summed E-state index contributed by atoms with van der Waals surface area (Å²) in [5.41, 5.74) is 4.07. The number of hydrogen-bond donors (Lipinski definition) is 0. The van der Waals surface area contributed by atoms with Crippen molar-refractivity contribution < 1.29 is 9.47 Å². The van der Waals surface area contributed by atoms with Crippen LogP contribution in [0.4, 0.5) is 5.82 Å². The molecule has 1 atom stereocenters. The van der Waals surface area contributed by atoms with Gasteiger partial charge in [-0.3, -0.25) is 4.98 Å². The van der Waals surface area contributed by atoms with E-state index in [-0.39, 0.29) is 6.23 Å². The number of pyridine rings is 2. The van der Waals surface area contributed by atoms with E-state index in [1.165, 1.54) is 5.56 Å². The average Bonchev–Trinajstić information content (AvgIpc) is 3.29. The van der Waals surface area contributed by atoms with Crippen LogP contribution in [0.3, 0.4) is 0 Å². The van der Waals surface area contributed by atoms with Crippen molar-refractivity contribution in [3.63, 3.8) is 0 Å². The number of ether oxygens (including phenoxy) is 2. The number of nitrogens with zero attached hydrogens (tertiary/aromatic N) is 5. The fourth-order valence-corrected chi connectivity index (χ4v) is 4.43. The molecule has 5 heterocycles. The molecule has 3 aromatic heterocycles. The van der Waals surface area contributed by atoms with Crippen molar-refractivity contribution in [2.24, 2.45) is 0 Å². The van der Waals surface area contributed by atoms with Crippen LogP contribution < -0.4 is 4.90 Å². The molecule has 0 spiro atoms. The predicted octanol–water partition coefficient (Wildman–Crippen LogP) is 4.15. The first-order valence-corrected chi connectivity index (χ1v) is 11.0. The monoisotopic (exact) mass is 407 g/mol. The summed E-state index contributed by atoms with van der Waals surface area (Å²) in [6.45, 7) is 8.45. The van der Waals surface area contributed by atoms with Gasteiger partial charge in [-0.1, -0.05) is 13.8 Å². The molecule has 0 radical (unpaired) electrons. The summed E-state index contributed by atoms with van der Waals surface area (Å²) in [6.07, 6.45) is 6.93. The summed E-state index contributed by atoms with van der Waals surface area (Å²) in [5, 5.41) is 5.75. The Labute approximate surface area is 177 Å². The van der Waals surface area contributed by atoms with Crippen molar-refractivity contribution >= 4 is 16.7 Å². The molecular formula is C23H29N5O2. The number of hydrogen-bond acceptors (Lipinski definition) is 6. The van der Waals surface area contributed by atoms with E-state index in [1.807, 2.05) is 23.1 Å². The van der Waals surface area contributed by atoms with Crippen LogP contribution in [0.5, 0.6) is 0 Å². The van der Waals surface area contributed by atoms with Crippen molar-refractivity contribution in [3.8, 4) is 11.4 Å². The van der Waals surface area contributed by atoms with Crippen molar-refractivity contribution in [2.75, 3.05) is 37.8 Å². The van der Waals surface area contributed by atoms with E-state index in [9.17, 15) is 0 Å². The number of morpholine rings is 1. The van der Waals surface area contributed by atoms with Gasteiger partial charge < -0.3 is 14.4 Å². The van der Waals surface area contributed by atoms with Crippen molar-refractivity contribution in [1.82, 2.24) is 19.7 Å². The van der Waals surface area contributed by atoms with E-state index in [4.69, 9.17) is 19.4 Å². The molecule has 7 heteroatoms. The molecule has 0 bridgehead atoms. The van der Waals surface area contributed by atoms with Crippen molar-refractivity contribution in [2.45, 2.75) is 45.3 Å². The molecule has 5 rings (SSSR count). The van der Waals surface area contributed by atoms with Gasteiger partial charge in [-0.2, -0.15) is 5.10 Å². The molecule has 0 N–H and O–H groups in total. The highest BCUT2D eigenvalue weighted by Crippen LogP contribution is 2.35. The first-order chi connectivity index (χ1) is 14.7. The fraction of sp³-hybridized carbons (Fsp3) is 0.522. The summed E-state index contributed by atoms with van der Waals surface area (Å²) in [6, 6.07) is 6.35. The first-order valence-electron chi connectivity index (χ1n) is 11.0. The molecular weight excluding hydrogens is 378 g/mol.